The standard InChI is InChI=1S/C17H20N2OS/c1-10-7-12-11-5-4-6-14-16(11)13(17(18-14)21(3)20)8-15(12)19(2)9-10/h4-7,12,15,18H,8-9H2,1-3H3/t12-,15-,21?/m1/s1. The van der Waals surface area contributed by atoms with Crippen LogP contribution in [0, 0.1) is 0 Å². The average Bonchev–Trinajstić information content (AvgIpc) is 2.81. The second kappa shape index (κ2) is 4.55. The fourth-order valence-corrected chi connectivity index (χ4v) is 4.87. The third-order valence-electron chi connectivity index (χ3n) is 4.92. The number of H-pyrrole nitrogens is 1. The van der Waals surface area contributed by atoms with Crippen LogP contribution in [0.25, 0.3) is 10.9 Å². The monoisotopic (exact) mass is 300 g/mol. The molecule has 3 atom stereocenters. The third kappa shape index (κ3) is 1.86. The van der Waals surface area contributed by atoms with Crippen molar-refractivity contribution in [1.29, 1.82) is 0 Å². The number of hydrogen-bond acceptors (Lipinski definition) is 2. The molecule has 2 aromatic rings. The van der Waals surface area contributed by atoms with Crippen LogP contribution in [-0.2, 0) is 17.2 Å². The van der Waals surface area contributed by atoms with Crippen LogP contribution in [0.15, 0.2) is 34.9 Å². The van der Waals surface area contributed by atoms with Crippen molar-refractivity contribution in [3.05, 3.63) is 41.0 Å². The van der Waals surface area contributed by atoms with E-state index >= 15 is 0 Å². The highest BCUT2D eigenvalue weighted by Gasteiger charge is 2.36. The van der Waals surface area contributed by atoms with Crippen molar-refractivity contribution in [2.24, 2.45) is 0 Å². The molecule has 4 rings (SSSR count). The zero-order valence-electron chi connectivity index (χ0n) is 12.6. The zero-order valence-corrected chi connectivity index (χ0v) is 13.5. The largest absolute Gasteiger partial charge is 0.347 e. The van der Waals surface area contributed by atoms with E-state index in [1.165, 1.54) is 22.1 Å². The van der Waals surface area contributed by atoms with Crippen LogP contribution < -0.4 is 0 Å². The van der Waals surface area contributed by atoms with Gasteiger partial charge in [0.25, 0.3) is 0 Å². The van der Waals surface area contributed by atoms with Crippen LogP contribution in [0.5, 0.6) is 0 Å². The van der Waals surface area contributed by atoms with Crippen LogP contribution in [0.4, 0.5) is 0 Å². The number of aromatic amines is 1. The average molecular weight is 300 g/mol. The summed E-state index contributed by atoms with van der Waals surface area (Å²) in [6.07, 6.45) is 5.18. The second-order valence-corrected chi connectivity index (χ2v) is 7.70. The van der Waals surface area contributed by atoms with Crippen molar-refractivity contribution < 1.29 is 4.21 Å². The molecule has 1 aliphatic carbocycles. The summed E-state index contributed by atoms with van der Waals surface area (Å²) >= 11 is 0. The van der Waals surface area contributed by atoms with Gasteiger partial charge in [0.2, 0.25) is 0 Å². The first-order valence-corrected chi connectivity index (χ1v) is 8.96. The highest BCUT2D eigenvalue weighted by atomic mass is 32.2. The molecule has 110 valence electrons. The van der Waals surface area contributed by atoms with E-state index in [4.69, 9.17) is 0 Å². The van der Waals surface area contributed by atoms with E-state index in [2.05, 4.69) is 48.1 Å². The predicted molar refractivity (Wildman–Crippen MR) is 87.3 cm³/mol. The Morgan fingerprint density at radius 2 is 2.19 bits per heavy atom. The lowest BCUT2D eigenvalue weighted by Crippen LogP contribution is -2.43. The zero-order chi connectivity index (χ0) is 14.7. The van der Waals surface area contributed by atoms with Crippen molar-refractivity contribution in [1.82, 2.24) is 9.88 Å². The predicted octanol–water partition coefficient (Wildman–Crippen LogP) is 2.81. The quantitative estimate of drug-likeness (QED) is 0.822. The fourth-order valence-electron chi connectivity index (χ4n) is 4.08. The number of rotatable bonds is 1. The minimum atomic E-state index is -0.967. The molecule has 3 nitrogen and oxygen atoms in total. The van der Waals surface area contributed by atoms with Gasteiger partial charge in [-0.3, -0.25) is 9.11 Å². The molecule has 1 unspecified atom stereocenters. The van der Waals surface area contributed by atoms with Gasteiger partial charge in [0.1, 0.15) is 5.03 Å². The van der Waals surface area contributed by atoms with Crippen molar-refractivity contribution in [3.8, 4) is 0 Å². The SMILES string of the molecule is CC1=C[C@@H]2c3cccc4[nH]c(S(C)=O)c(c34)C[C@H]2N(C)C1. The van der Waals surface area contributed by atoms with Crippen LogP contribution in [-0.4, -0.2) is 40.0 Å². The lowest BCUT2D eigenvalue weighted by molar-refractivity contribution is 0.224. The number of aromatic nitrogens is 1. The van der Waals surface area contributed by atoms with E-state index in [1.807, 2.05) is 0 Å². The summed E-state index contributed by atoms with van der Waals surface area (Å²) in [5.41, 5.74) is 5.22. The Balaban J connectivity index is 2.02. The van der Waals surface area contributed by atoms with Gasteiger partial charge in [-0.25, -0.2) is 0 Å². The van der Waals surface area contributed by atoms with E-state index in [1.54, 1.807) is 6.26 Å². The number of likely N-dealkylation sites (N-methyl/N-ethyl adjacent to an activating group) is 1. The molecule has 21 heavy (non-hydrogen) atoms. The van der Waals surface area contributed by atoms with Gasteiger partial charge in [-0.2, -0.15) is 0 Å². The normalized spacial score (nSPS) is 26.5. The maximum absolute atomic E-state index is 12.1. The lowest BCUT2D eigenvalue weighted by atomic mass is 9.77. The Labute approximate surface area is 127 Å². The molecule has 2 aliphatic rings. The summed E-state index contributed by atoms with van der Waals surface area (Å²) in [7, 11) is 1.24. The molecule has 0 bridgehead atoms. The summed E-state index contributed by atoms with van der Waals surface area (Å²) in [4.78, 5) is 5.83. The Morgan fingerprint density at radius 3 is 2.95 bits per heavy atom. The number of nitrogens with one attached hydrogen (secondary N) is 1. The first-order chi connectivity index (χ1) is 10.1. The van der Waals surface area contributed by atoms with Crippen LogP contribution in [0.3, 0.4) is 0 Å². The third-order valence-corrected chi connectivity index (χ3v) is 5.85. The minimum Gasteiger partial charge on any atom is -0.347 e. The van der Waals surface area contributed by atoms with Gasteiger partial charge >= 0.3 is 0 Å². The van der Waals surface area contributed by atoms with E-state index in [-0.39, 0.29) is 0 Å². The summed E-state index contributed by atoms with van der Waals surface area (Å²) < 4.78 is 12.1. The van der Waals surface area contributed by atoms with Gasteiger partial charge < -0.3 is 4.98 Å². The van der Waals surface area contributed by atoms with Gasteiger partial charge in [0.15, 0.2) is 0 Å². The molecule has 0 saturated carbocycles. The van der Waals surface area contributed by atoms with E-state index < -0.39 is 10.8 Å². The van der Waals surface area contributed by atoms with E-state index in [0.717, 1.165) is 23.5 Å². The van der Waals surface area contributed by atoms with Crippen molar-refractivity contribution in [2.45, 2.75) is 30.3 Å². The molecular weight excluding hydrogens is 280 g/mol. The van der Waals surface area contributed by atoms with Crippen molar-refractivity contribution >= 4 is 21.7 Å². The second-order valence-electron chi connectivity index (χ2n) is 6.38. The lowest BCUT2D eigenvalue weighted by Gasteiger charge is -2.41. The topological polar surface area (TPSA) is 36.1 Å². The van der Waals surface area contributed by atoms with Gasteiger partial charge in [-0.15, -0.1) is 0 Å². The van der Waals surface area contributed by atoms with Gasteiger partial charge in [-0.1, -0.05) is 23.8 Å². The molecule has 1 aromatic heterocycles. The molecule has 1 N–H and O–H groups in total. The van der Waals surface area contributed by atoms with Crippen molar-refractivity contribution in [3.63, 3.8) is 0 Å². The summed E-state index contributed by atoms with van der Waals surface area (Å²) in [6, 6.07) is 6.93. The molecule has 0 spiro atoms. The van der Waals surface area contributed by atoms with Crippen LogP contribution in [0.2, 0.25) is 0 Å². The molecule has 4 heteroatoms. The first kappa shape index (κ1) is 13.3. The molecule has 1 aromatic carbocycles. The van der Waals surface area contributed by atoms with Crippen LogP contribution in [0.1, 0.15) is 24.0 Å². The number of nitrogens with zero attached hydrogens (tertiary/aromatic N) is 1. The van der Waals surface area contributed by atoms with Crippen LogP contribution >= 0.6 is 0 Å². The van der Waals surface area contributed by atoms with Crippen molar-refractivity contribution in [2.75, 3.05) is 19.8 Å². The number of hydrogen-bond donors (Lipinski definition) is 1. The number of benzene rings is 1. The first-order valence-electron chi connectivity index (χ1n) is 7.40. The Kier molecular flexibility index (Phi) is 2.88. The molecule has 0 amide bonds. The minimum absolute atomic E-state index is 0.453. The molecule has 1 aliphatic heterocycles. The molecule has 0 saturated heterocycles. The summed E-state index contributed by atoms with van der Waals surface area (Å²) in [5.74, 6) is 0.453. The Morgan fingerprint density at radius 1 is 1.38 bits per heavy atom. The van der Waals surface area contributed by atoms with E-state index in [9.17, 15) is 4.21 Å². The Bertz CT molecular complexity index is 789. The molecule has 0 radical (unpaired) electrons. The smallest absolute Gasteiger partial charge is 0.108 e. The van der Waals surface area contributed by atoms with Gasteiger partial charge in [0.05, 0.1) is 10.8 Å². The number of fused-ring (bicyclic) bond motifs is 2. The van der Waals surface area contributed by atoms with E-state index in [0.29, 0.717) is 12.0 Å². The maximum Gasteiger partial charge on any atom is 0.108 e. The summed E-state index contributed by atoms with van der Waals surface area (Å²) in [5, 5.41) is 2.22. The highest BCUT2D eigenvalue weighted by molar-refractivity contribution is 7.84. The molecular formula is C17H20N2OS. The fraction of sp³-hybridized carbons (Fsp3) is 0.412. The molecule has 0 fully saturated rings. The Hall–Kier alpha value is -1.39. The highest BCUT2D eigenvalue weighted by Crippen LogP contribution is 2.43. The maximum atomic E-state index is 12.1. The molecule has 2 heterocycles. The summed E-state index contributed by atoms with van der Waals surface area (Å²) in [6.45, 7) is 3.24. The van der Waals surface area contributed by atoms with Gasteiger partial charge in [-0.05, 0) is 37.6 Å². The van der Waals surface area contributed by atoms with Gasteiger partial charge in [0, 0.05) is 35.7 Å².